The first-order valence-electron chi connectivity index (χ1n) is 5.24. The van der Waals surface area contributed by atoms with E-state index in [4.69, 9.17) is 4.42 Å². The van der Waals surface area contributed by atoms with Gasteiger partial charge in [0.05, 0.1) is 11.8 Å². The van der Waals surface area contributed by atoms with Gasteiger partial charge in [0.25, 0.3) is 5.91 Å². The van der Waals surface area contributed by atoms with Crippen LogP contribution in [0, 0.1) is 12.8 Å². The maximum Gasteiger partial charge on any atom is 0.255 e. The zero-order chi connectivity index (χ0) is 10.8. The lowest BCUT2D eigenvalue weighted by Crippen LogP contribution is -2.39. The maximum atomic E-state index is 11.8. The standard InChI is InChI=1S/C11H16N2O2/c1-7-5-12-6-10(7)13-11(14)9-3-4-15-8(9)2/h3-4,7,10,12H,5-6H2,1-2H3,(H,13,14). The number of aryl methyl sites for hydroxylation is 1. The quantitative estimate of drug-likeness (QED) is 0.760. The van der Waals surface area contributed by atoms with E-state index in [9.17, 15) is 4.79 Å². The number of carbonyl (C=O) groups excluding carboxylic acids is 1. The zero-order valence-electron chi connectivity index (χ0n) is 9.04. The van der Waals surface area contributed by atoms with E-state index >= 15 is 0 Å². The molecule has 2 heterocycles. The van der Waals surface area contributed by atoms with Crippen molar-refractivity contribution in [2.24, 2.45) is 5.92 Å². The van der Waals surface area contributed by atoms with Crippen LogP contribution in [0.25, 0.3) is 0 Å². The molecular weight excluding hydrogens is 192 g/mol. The van der Waals surface area contributed by atoms with E-state index in [0.29, 0.717) is 17.2 Å². The lowest BCUT2D eigenvalue weighted by atomic mass is 10.1. The molecule has 1 fully saturated rings. The lowest BCUT2D eigenvalue weighted by molar-refractivity contribution is 0.0931. The lowest BCUT2D eigenvalue weighted by Gasteiger charge is -2.15. The summed E-state index contributed by atoms with van der Waals surface area (Å²) in [5.41, 5.74) is 0.633. The van der Waals surface area contributed by atoms with Gasteiger partial charge in [-0.3, -0.25) is 4.79 Å². The molecule has 0 radical (unpaired) electrons. The van der Waals surface area contributed by atoms with Crippen molar-refractivity contribution in [3.63, 3.8) is 0 Å². The molecule has 0 spiro atoms. The first-order chi connectivity index (χ1) is 7.18. The van der Waals surface area contributed by atoms with Crippen molar-refractivity contribution in [3.05, 3.63) is 23.7 Å². The van der Waals surface area contributed by atoms with E-state index in [1.54, 1.807) is 19.3 Å². The Balaban J connectivity index is 2.01. The molecule has 1 aromatic rings. The third kappa shape index (κ3) is 2.04. The smallest absolute Gasteiger partial charge is 0.255 e. The minimum Gasteiger partial charge on any atom is -0.469 e. The van der Waals surface area contributed by atoms with Crippen LogP contribution in [0.15, 0.2) is 16.7 Å². The van der Waals surface area contributed by atoms with Crippen molar-refractivity contribution < 1.29 is 9.21 Å². The molecule has 0 saturated carbocycles. The van der Waals surface area contributed by atoms with Crippen LogP contribution in [-0.4, -0.2) is 25.0 Å². The molecule has 1 aliphatic rings. The topological polar surface area (TPSA) is 54.3 Å². The van der Waals surface area contributed by atoms with Crippen LogP contribution in [-0.2, 0) is 0 Å². The number of amides is 1. The van der Waals surface area contributed by atoms with Gasteiger partial charge in [-0.15, -0.1) is 0 Å². The summed E-state index contributed by atoms with van der Waals surface area (Å²) in [7, 11) is 0. The van der Waals surface area contributed by atoms with Gasteiger partial charge >= 0.3 is 0 Å². The average molecular weight is 208 g/mol. The van der Waals surface area contributed by atoms with Gasteiger partial charge < -0.3 is 15.1 Å². The van der Waals surface area contributed by atoms with E-state index in [2.05, 4.69) is 17.6 Å². The third-order valence-electron chi connectivity index (χ3n) is 2.94. The summed E-state index contributed by atoms with van der Waals surface area (Å²) < 4.78 is 5.10. The van der Waals surface area contributed by atoms with Gasteiger partial charge in [-0.1, -0.05) is 6.92 Å². The van der Waals surface area contributed by atoms with Crippen LogP contribution in [0.3, 0.4) is 0 Å². The van der Waals surface area contributed by atoms with Crippen LogP contribution in [0.5, 0.6) is 0 Å². The molecule has 0 bridgehead atoms. The van der Waals surface area contributed by atoms with Crippen molar-refractivity contribution in [1.29, 1.82) is 0 Å². The summed E-state index contributed by atoms with van der Waals surface area (Å²) in [6.07, 6.45) is 1.54. The fourth-order valence-electron chi connectivity index (χ4n) is 1.87. The minimum absolute atomic E-state index is 0.0400. The van der Waals surface area contributed by atoms with Crippen molar-refractivity contribution in [1.82, 2.24) is 10.6 Å². The van der Waals surface area contributed by atoms with Crippen LogP contribution in [0.1, 0.15) is 23.0 Å². The Morgan fingerprint density at radius 1 is 1.60 bits per heavy atom. The van der Waals surface area contributed by atoms with Crippen LogP contribution >= 0.6 is 0 Å². The fraction of sp³-hybridized carbons (Fsp3) is 0.545. The molecule has 4 heteroatoms. The van der Waals surface area contributed by atoms with Gasteiger partial charge in [-0.05, 0) is 25.5 Å². The highest BCUT2D eigenvalue weighted by atomic mass is 16.3. The molecule has 2 N–H and O–H groups in total. The molecule has 15 heavy (non-hydrogen) atoms. The van der Waals surface area contributed by atoms with Crippen molar-refractivity contribution in [2.75, 3.05) is 13.1 Å². The second-order valence-corrected chi connectivity index (χ2v) is 4.11. The highest BCUT2D eigenvalue weighted by Crippen LogP contribution is 2.12. The summed E-state index contributed by atoms with van der Waals surface area (Å²) in [6.45, 7) is 5.75. The van der Waals surface area contributed by atoms with Crippen molar-refractivity contribution >= 4 is 5.91 Å². The highest BCUT2D eigenvalue weighted by Gasteiger charge is 2.25. The van der Waals surface area contributed by atoms with Gasteiger partial charge in [-0.25, -0.2) is 0 Å². The molecule has 1 amide bonds. The van der Waals surface area contributed by atoms with Crippen LogP contribution < -0.4 is 10.6 Å². The number of hydrogen-bond donors (Lipinski definition) is 2. The molecule has 1 aliphatic heterocycles. The Hall–Kier alpha value is -1.29. The van der Waals surface area contributed by atoms with Gasteiger partial charge in [0.15, 0.2) is 0 Å². The maximum absolute atomic E-state index is 11.8. The molecule has 1 aromatic heterocycles. The Morgan fingerprint density at radius 3 is 2.93 bits per heavy atom. The SMILES string of the molecule is Cc1occc1C(=O)NC1CNCC1C. The van der Waals surface area contributed by atoms with Crippen LogP contribution in [0.2, 0.25) is 0 Å². The van der Waals surface area contributed by atoms with Gasteiger partial charge in [0.2, 0.25) is 0 Å². The number of furan rings is 1. The molecule has 1 saturated heterocycles. The molecule has 0 aliphatic carbocycles. The predicted molar refractivity (Wildman–Crippen MR) is 56.7 cm³/mol. The second-order valence-electron chi connectivity index (χ2n) is 4.11. The summed E-state index contributed by atoms with van der Waals surface area (Å²) in [5.74, 6) is 1.12. The highest BCUT2D eigenvalue weighted by molar-refractivity contribution is 5.95. The first-order valence-corrected chi connectivity index (χ1v) is 5.24. The Kier molecular flexibility index (Phi) is 2.77. The molecule has 2 rings (SSSR count). The van der Waals surface area contributed by atoms with Gasteiger partial charge in [-0.2, -0.15) is 0 Å². The minimum atomic E-state index is -0.0400. The first kappa shape index (κ1) is 10.2. The Morgan fingerprint density at radius 2 is 2.40 bits per heavy atom. The number of rotatable bonds is 2. The van der Waals surface area contributed by atoms with Crippen molar-refractivity contribution in [3.8, 4) is 0 Å². The van der Waals surface area contributed by atoms with Gasteiger partial charge in [0.1, 0.15) is 5.76 Å². The largest absolute Gasteiger partial charge is 0.469 e. The Labute approximate surface area is 89.0 Å². The zero-order valence-corrected chi connectivity index (χ0v) is 9.04. The summed E-state index contributed by atoms with van der Waals surface area (Å²) >= 11 is 0. The Bertz CT molecular complexity index is 359. The third-order valence-corrected chi connectivity index (χ3v) is 2.94. The monoisotopic (exact) mass is 208 g/mol. The van der Waals surface area contributed by atoms with E-state index in [0.717, 1.165) is 13.1 Å². The summed E-state index contributed by atoms with van der Waals surface area (Å²) in [5, 5.41) is 6.26. The number of carbonyl (C=O) groups is 1. The molecular formula is C11H16N2O2. The average Bonchev–Trinajstić information content (AvgIpc) is 2.76. The van der Waals surface area contributed by atoms with E-state index in [1.165, 1.54) is 0 Å². The number of hydrogen-bond acceptors (Lipinski definition) is 3. The fourth-order valence-corrected chi connectivity index (χ4v) is 1.87. The number of nitrogens with one attached hydrogen (secondary N) is 2. The van der Waals surface area contributed by atoms with Gasteiger partial charge in [0, 0.05) is 12.6 Å². The molecule has 2 atom stereocenters. The molecule has 4 nitrogen and oxygen atoms in total. The van der Waals surface area contributed by atoms with E-state index in [-0.39, 0.29) is 11.9 Å². The molecule has 82 valence electrons. The van der Waals surface area contributed by atoms with E-state index < -0.39 is 0 Å². The predicted octanol–water partition coefficient (Wildman–Crippen LogP) is 0.926. The normalized spacial score (nSPS) is 25.5. The molecule has 2 unspecified atom stereocenters. The van der Waals surface area contributed by atoms with Crippen molar-refractivity contribution in [2.45, 2.75) is 19.9 Å². The summed E-state index contributed by atoms with van der Waals surface area (Å²) in [6, 6.07) is 1.93. The second kappa shape index (κ2) is 4.06. The van der Waals surface area contributed by atoms with Crippen LogP contribution in [0.4, 0.5) is 0 Å². The summed E-state index contributed by atoms with van der Waals surface area (Å²) in [4.78, 5) is 11.8. The van der Waals surface area contributed by atoms with E-state index in [1.807, 2.05) is 0 Å². The molecule has 0 aromatic carbocycles.